The zero-order chi connectivity index (χ0) is 21.6. The van der Waals surface area contributed by atoms with Gasteiger partial charge in [-0.1, -0.05) is 37.1 Å². The van der Waals surface area contributed by atoms with E-state index in [9.17, 15) is 19.8 Å². The molecule has 0 fully saturated rings. The lowest BCUT2D eigenvalue weighted by atomic mass is 10.1. The van der Waals surface area contributed by atoms with Gasteiger partial charge in [0, 0.05) is 24.0 Å². The number of amides is 2. The Labute approximate surface area is 175 Å². The van der Waals surface area contributed by atoms with Gasteiger partial charge in [-0.3, -0.25) is 9.59 Å². The van der Waals surface area contributed by atoms with Gasteiger partial charge in [-0.05, 0) is 37.1 Å². The Morgan fingerprint density at radius 3 is 1.50 bits per heavy atom. The minimum Gasteiger partial charge on any atom is -0.507 e. The van der Waals surface area contributed by atoms with Crippen LogP contribution in [-0.4, -0.2) is 34.5 Å². The number of hydrazone groups is 2. The minimum atomic E-state index is -0.196. The van der Waals surface area contributed by atoms with Crippen molar-refractivity contribution in [3.8, 4) is 11.5 Å². The molecule has 0 bridgehead atoms. The lowest BCUT2D eigenvalue weighted by Crippen LogP contribution is -2.17. The predicted molar refractivity (Wildman–Crippen MR) is 115 cm³/mol. The molecular formula is C22H26N4O4. The first kappa shape index (κ1) is 22.6. The third kappa shape index (κ3) is 8.55. The normalized spacial score (nSPS) is 11.1. The van der Waals surface area contributed by atoms with Crippen LogP contribution in [0.15, 0.2) is 58.7 Å². The molecule has 0 aliphatic carbocycles. The van der Waals surface area contributed by atoms with Crippen LogP contribution < -0.4 is 10.9 Å². The summed E-state index contributed by atoms with van der Waals surface area (Å²) in [6, 6.07) is 13.4. The van der Waals surface area contributed by atoms with Crippen LogP contribution in [0, 0.1) is 0 Å². The Kier molecular flexibility index (Phi) is 9.58. The number of para-hydroxylation sites is 2. The first-order valence-electron chi connectivity index (χ1n) is 9.76. The molecule has 0 aromatic heterocycles. The molecule has 0 aliphatic heterocycles. The molecule has 4 N–H and O–H groups in total. The van der Waals surface area contributed by atoms with Gasteiger partial charge in [-0.15, -0.1) is 0 Å². The third-order valence-corrected chi connectivity index (χ3v) is 4.22. The molecule has 0 unspecified atom stereocenters. The molecule has 0 heterocycles. The van der Waals surface area contributed by atoms with Gasteiger partial charge in [0.1, 0.15) is 11.5 Å². The van der Waals surface area contributed by atoms with Crippen molar-refractivity contribution in [2.24, 2.45) is 10.2 Å². The monoisotopic (exact) mass is 410 g/mol. The van der Waals surface area contributed by atoms with Crippen molar-refractivity contribution < 1.29 is 19.8 Å². The molecule has 0 spiro atoms. The van der Waals surface area contributed by atoms with Crippen molar-refractivity contribution in [3.05, 3.63) is 59.7 Å². The topological polar surface area (TPSA) is 123 Å². The zero-order valence-electron chi connectivity index (χ0n) is 16.6. The van der Waals surface area contributed by atoms with Gasteiger partial charge in [-0.2, -0.15) is 10.2 Å². The van der Waals surface area contributed by atoms with Crippen molar-refractivity contribution in [2.45, 2.75) is 38.5 Å². The molecule has 30 heavy (non-hydrogen) atoms. The predicted octanol–water partition coefficient (Wildman–Crippen LogP) is 3.04. The number of nitrogens with zero attached hydrogens (tertiary/aromatic N) is 2. The number of phenols is 2. The van der Waals surface area contributed by atoms with E-state index in [1.54, 1.807) is 48.5 Å². The standard InChI is InChI=1S/C22H26N4O4/c27-19-11-7-5-9-17(19)15-23-25-21(29)13-3-1-2-4-14-22(30)26-24-16-18-10-6-8-12-20(18)28/h5-12,15-16,27-28H,1-4,13-14H2,(H,25,29)(H,26,30)/b23-15+,24-16+. The van der Waals surface area contributed by atoms with Gasteiger partial charge >= 0.3 is 0 Å². The lowest BCUT2D eigenvalue weighted by Gasteiger charge is -2.02. The van der Waals surface area contributed by atoms with E-state index in [1.165, 1.54) is 12.4 Å². The van der Waals surface area contributed by atoms with Crippen LogP contribution in [0.2, 0.25) is 0 Å². The average molecular weight is 410 g/mol. The summed E-state index contributed by atoms with van der Waals surface area (Å²) in [6.45, 7) is 0. The van der Waals surface area contributed by atoms with E-state index in [-0.39, 0.29) is 23.3 Å². The molecule has 2 aromatic carbocycles. The molecule has 2 amide bonds. The van der Waals surface area contributed by atoms with Crippen molar-refractivity contribution in [3.63, 3.8) is 0 Å². The fourth-order valence-corrected chi connectivity index (χ4v) is 2.58. The van der Waals surface area contributed by atoms with E-state index in [4.69, 9.17) is 0 Å². The Balaban J connectivity index is 1.52. The van der Waals surface area contributed by atoms with E-state index in [1.807, 2.05) is 0 Å². The SMILES string of the molecule is O=C(CCCCCCC(=O)N/N=C/c1ccccc1O)N/N=C/c1ccccc1O. The number of unbranched alkanes of at least 4 members (excludes halogenated alkanes) is 3. The van der Waals surface area contributed by atoms with Crippen LogP contribution in [-0.2, 0) is 9.59 Å². The van der Waals surface area contributed by atoms with E-state index in [2.05, 4.69) is 21.1 Å². The second-order valence-electron chi connectivity index (χ2n) is 6.62. The summed E-state index contributed by atoms with van der Waals surface area (Å²) >= 11 is 0. The van der Waals surface area contributed by atoms with Crippen LogP contribution in [0.4, 0.5) is 0 Å². The van der Waals surface area contributed by atoms with E-state index in [0.29, 0.717) is 36.8 Å². The van der Waals surface area contributed by atoms with E-state index in [0.717, 1.165) is 12.8 Å². The lowest BCUT2D eigenvalue weighted by molar-refractivity contribution is -0.122. The highest BCUT2D eigenvalue weighted by atomic mass is 16.3. The summed E-state index contributed by atoms with van der Waals surface area (Å²) in [5, 5.41) is 26.9. The highest BCUT2D eigenvalue weighted by Crippen LogP contribution is 2.13. The number of nitrogens with one attached hydrogen (secondary N) is 2. The van der Waals surface area contributed by atoms with Crippen molar-refractivity contribution in [1.82, 2.24) is 10.9 Å². The maximum Gasteiger partial charge on any atom is 0.240 e. The molecule has 0 saturated heterocycles. The summed E-state index contributed by atoms with van der Waals surface area (Å²) in [5.74, 6) is -0.192. The molecule has 8 heteroatoms. The fourth-order valence-electron chi connectivity index (χ4n) is 2.58. The highest BCUT2D eigenvalue weighted by molar-refractivity contribution is 5.85. The molecule has 158 valence electrons. The summed E-state index contributed by atoms with van der Waals surface area (Å²) in [6.07, 6.45) is 6.53. The number of rotatable bonds is 11. The molecule has 0 radical (unpaired) electrons. The first-order valence-corrected chi connectivity index (χ1v) is 9.76. The van der Waals surface area contributed by atoms with Gasteiger partial charge in [0.05, 0.1) is 12.4 Å². The second-order valence-corrected chi connectivity index (χ2v) is 6.62. The Morgan fingerprint density at radius 2 is 1.10 bits per heavy atom. The molecule has 2 rings (SSSR count). The van der Waals surface area contributed by atoms with Crippen LogP contribution in [0.5, 0.6) is 11.5 Å². The fraction of sp³-hybridized carbons (Fsp3) is 0.273. The molecule has 0 aliphatic rings. The van der Waals surface area contributed by atoms with Crippen LogP contribution >= 0.6 is 0 Å². The third-order valence-electron chi connectivity index (χ3n) is 4.22. The Hall–Kier alpha value is -3.68. The number of aromatic hydroxyl groups is 2. The van der Waals surface area contributed by atoms with Gasteiger partial charge < -0.3 is 10.2 Å². The number of carbonyl (C=O) groups is 2. The van der Waals surface area contributed by atoms with Crippen molar-refractivity contribution in [2.75, 3.05) is 0 Å². The molecule has 8 nitrogen and oxygen atoms in total. The van der Waals surface area contributed by atoms with Gasteiger partial charge in [0.2, 0.25) is 11.8 Å². The number of benzene rings is 2. The van der Waals surface area contributed by atoms with Crippen LogP contribution in [0.3, 0.4) is 0 Å². The smallest absolute Gasteiger partial charge is 0.240 e. The van der Waals surface area contributed by atoms with Crippen LogP contribution in [0.1, 0.15) is 49.7 Å². The summed E-state index contributed by atoms with van der Waals surface area (Å²) in [7, 11) is 0. The second kappa shape index (κ2) is 12.7. The maximum atomic E-state index is 11.7. The average Bonchev–Trinajstić information content (AvgIpc) is 2.73. The van der Waals surface area contributed by atoms with Crippen molar-refractivity contribution in [1.29, 1.82) is 0 Å². The molecular weight excluding hydrogens is 384 g/mol. The maximum absolute atomic E-state index is 11.7. The first-order chi connectivity index (χ1) is 14.6. The number of hydrogen-bond acceptors (Lipinski definition) is 6. The largest absolute Gasteiger partial charge is 0.507 e. The molecule has 0 atom stereocenters. The number of hydrogen-bond donors (Lipinski definition) is 4. The number of carbonyl (C=O) groups excluding carboxylic acids is 2. The molecule has 0 saturated carbocycles. The quantitative estimate of drug-likeness (QED) is 0.258. The summed E-state index contributed by atoms with van der Waals surface area (Å²) in [4.78, 5) is 23.5. The van der Waals surface area contributed by atoms with Gasteiger partial charge in [0.15, 0.2) is 0 Å². The number of phenolic OH excluding ortho intramolecular Hbond substituents is 2. The van der Waals surface area contributed by atoms with Crippen molar-refractivity contribution >= 4 is 24.2 Å². The highest BCUT2D eigenvalue weighted by Gasteiger charge is 2.02. The molecule has 2 aromatic rings. The Bertz CT molecular complexity index is 823. The minimum absolute atomic E-state index is 0.100. The van der Waals surface area contributed by atoms with Crippen LogP contribution in [0.25, 0.3) is 0 Å². The summed E-state index contributed by atoms with van der Waals surface area (Å²) in [5.41, 5.74) is 5.92. The summed E-state index contributed by atoms with van der Waals surface area (Å²) < 4.78 is 0. The van der Waals surface area contributed by atoms with Gasteiger partial charge in [0.25, 0.3) is 0 Å². The Morgan fingerprint density at radius 1 is 0.700 bits per heavy atom. The van der Waals surface area contributed by atoms with Gasteiger partial charge in [-0.25, -0.2) is 10.9 Å². The van der Waals surface area contributed by atoms with E-state index < -0.39 is 0 Å². The van der Waals surface area contributed by atoms with E-state index >= 15 is 0 Å². The zero-order valence-corrected chi connectivity index (χ0v) is 16.6.